The molecule has 102 valence electrons. The zero-order valence-corrected chi connectivity index (χ0v) is 12.4. The average molecular weight is 322 g/mol. The lowest BCUT2D eigenvalue weighted by molar-refractivity contribution is 0.0623. The fourth-order valence-corrected chi connectivity index (χ4v) is 1.88. The summed E-state index contributed by atoms with van der Waals surface area (Å²) < 4.78 is 32.9. The van der Waals surface area contributed by atoms with E-state index in [1.54, 1.807) is 0 Å². The Balaban J connectivity index is 2.59. The van der Waals surface area contributed by atoms with Crippen LogP contribution in [0.1, 0.15) is 19.4 Å². The first-order valence-electron chi connectivity index (χ1n) is 5.84. The molecule has 5 heteroatoms. The fourth-order valence-electron chi connectivity index (χ4n) is 1.51. The number of halogens is 3. The molecular formula is C13H18BrF2NO. The highest BCUT2D eigenvalue weighted by Crippen LogP contribution is 2.22. The van der Waals surface area contributed by atoms with Crippen molar-refractivity contribution >= 4 is 15.9 Å². The van der Waals surface area contributed by atoms with Crippen LogP contribution >= 0.6 is 15.9 Å². The summed E-state index contributed by atoms with van der Waals surface area (Å²) in [5.41, 5.74) is 0.0800. The summed E-state index contributed by atoms with van der Waals surface area (Å²) in [6, 6.07) is 2.64. The van der Waals surface area contributed by atoms with Gasteiger partial charge in [0.1, 0.15) is 11.6 Å². The van der Waals surface area contributed by atoms with Gasteiger partial charge in [0.25, 0.3) is 0 Å². The van der Waals surface area contributed by atoms with Crippen molar-refractivity contribution in [1.29, 1.82) is 0 Å². The van der Waals surface area contributed by atoms with Gasteiger partial charge in [-0.15, -0.1) is 0 Å². The minimum atomic E-state index is -0.536. The van der Waals surface area contributed by atoms with E-state index in [-0.39, 0.29) is 22.7 Å². The van der Waals surface area contributed by atoms with Crippen molar-refractivity contribution in [3.63, 3.8) is 0 Å². The molecule has 0 aliphatic carbocycles. The fraction of sp³-hybridized carbons (Fsp3) is 0.538. The van der Waals surface area contributed by atoms with Gasteiger partial charge in [0.2, 0.25) is 0 Å². The SMILES string of the molecule is CC(C)OCCN(C)Cc1c(F)ccc(Br)c1F. The molecule has 0 heterocycles. The molecule has 0 saturated carbocycles. The third-order valence-corrected chi connectivity index (χ3v) is 3.10. The number of hydrogen-bond acceptors (Lipinski definition) is 2. The van der Waals surface area contributed by atoms with Crippen LogP contribution in [-0.2, 0) is 11.3 Å². The standard InChI is InChI=1S/C13H18BrF2NO/c1-9(2)18-7-6-17(3)8-10-12(15)5-4-11(14)13(10)16/h4-5,9H,6-8H2,1-3H3. The molecule has 2 nitrogen and oxygen atoms in total. The normalized spacial score (nSPS) is 11.6. The van der Waals surface area contributed by atoms with Gasteiger partial charge >= 0.3 is 0 Å². The predicted molar refractivity (Wildman–Crippen MR) is 71.5 cm³/mol. The van der Waals surface area contributed by atoms with E-state index in [0.717, 1.165) is 0 Å². The maximum Gasteiger partial charge on any atom is 0.144 e. The first-order chi connectivity index (χ1) is 8.41. The van der Waals surface area contributed by atoms with E-state index >= 15 is 0 Å². The van der Waals surface area contributed by atoms with Crippen molar-refractivity contribution in [1.82, 2.24) is 4.90 Å². The van der Waals surface area contributed by atoms with Gasteiger partial charge in [0, 0.05) is 18.7 Å². The molecule has 0 unspecified atom stereocenters. The average Bonchev–Trinajstić information content (AvgIpc) is 2.29. The van der Waals surface area contributed by atoms with Crippen LogP contribution in [0.2, 0.25) is 0 Å². The first-order valence-corrected chi connectivity index (χ1v) is 6.63. The number of rotatable bonds is 6. The van der Waals surface area contributed by atoms with E-state index < -0.39 is 11.6 Å². The summed E-state index contributed by atoms with van der Waals surface area (Å²) in [7, 11) is 1.81. The molecule has 1 aromatic carbocycles. The molecule has 1 rings (SSSR count). The molecule has 0 radical (unpaired) electrons. The maximum atomic E-state index is 13.7. The Morgan fingerprint density at radius 3 is 2.61 bits per heavy atom. The Kier molecular flexibility index (Phi) is 6.18. The molecule has 18 heavy (non-hydrogen) atoms. The highest BCUT2D eigenvalue weighted by Gasteiger charge is 2.14. The van der Waals surface area contributed by atoms with Crippen LogP contribution in [0, 0.1) is 11.6 Å². The van der Waals surface area contributed by atoms with E-state index in [1.807, 2.05) is 25.8 Å². The minimum absolute atomic E-state index is 0.0800. The number of nitrogens with zero attached hydrogens (tertiary/aromatic N) is 1. The third-order valence-electron chi connectivity index (χ3n) is 2.49. The van der Waals surface area contributed by atoms with Crippen LogP contribution in [0.4, 0.5) is 8.78 Å². The predicted octanol–water partition coefficient (Wildman–Crippen LogP) is 3.58. The Bertz CT molecular complexity index is 399. The number of ether oxygens (including phenoxy) is 1. The molecule has 0 fully saturated rings. The zero-order valence-electron chi connectivity index (χ0n) is 10.8. The van der Waals surface area contributed by atoms with E-state index in [0.29, 0.717) is 13.2 Å². The van der Waals surface area contributed by atoms with E-state index in [4.69, 9.17) is 4.74 Å². The maximum absolute atomic E-state index is 13.7. The van der Waals surface area contributed by atoms with Gasteiger partial charge in [-0.3, -0.25) is 4.90 Å². The number of likely N-dealkylation sites (N-methyl/N-ethyl adjacent to an activating group) is 1. The van der Waals surface area contributed by atoms with Crippen LogP contribution in [0.3, 0.4) is 0 Å². The quantitative estimate of drug-likeness (QED) is 0.742. The molecule has 0 aliphatic rings. The molecule has 0 spiro atoms. The Morgan fingerprint density at radius 2 is 2.00 bits per heavy atom. The second-order valence-corrected chi connectivity index (χ2v) is 5.33. The van der Waals surface area contributed by atoms with Gasteiger partial charge in [-0.1, -0.05) is 0 Å². The lowest BCUT2D eigenvalue weighted by atomic mass is 10.2. The smallest absolute Gasteiger partial charge is 0.144 e. The third kappa shape index (κ3) is 4.63. The molecule has 0 amide bonds. The summed E-state index contributed by atoms with van der Waals surface area (Å²) in [6.45, 7) is 5.30. The monoisotopic (exact) mass is 321 g/mol. The van der Waals surface area contributed by atoms with E-state index in [2.05, 4.69) is 15.9 Å². The topological polar surface area (TPSA) is 12.5 Å². The van der Waals surface area contributed by atoms with Crippen LogP contribution < -0.4 is 0 Å². The lowest BCUT2D eigenvalue weighted by Crippen LogP contribution is -2.25. The summed E-state index contributed by atoms with van der Waals surface area (Å²) in [6.07, 6.45) is 0.165. The van der Waals surface area contributed by atoms with Gasteiger partial charge in [-0.05, 0) is 49.0 Å². The van der Waals surface area contributed by atoms with Gasteiger partial charge in [-0.2, -0.15) is 0 Å². The molecule has 0 atom stereocenters. The van der Waals surface area contributed by atoms with E-state index in [9.17, 15) is 8.78 Å². The Hall–Kier alpha value is -0.520. The number of hydrogen-bond donors (Lipinski definition) is 0. The van der Waals surface area contributed by atoms with Crippen molar-refractivity contribution in [2.45, 2.75) is 26.5 Å². The molecule has 0 aliphatic heterocycles. The van der Waals surface area contributed by atoms with Crippen molar-refractivity contribution in [3.05, 3.63) is 33.8 Å². The molecular weight excluding hydrogens is 304 g/mol. The van der Waals surface area contributed by atoms with Crippen LogP contribution in [0.15, 0.2) is 16.6 Å². The molecule has 0 saturated heterocycles. The zero-order chi connectivity index (χ0) is 13.7. The first kappa shape index (κ1) is 15.5. The summed E-state index contributed by atoms with van der Waals surface area (Å²) in [5.74, 6) is -1.06. The van der Waals surface area contributed by atoms with Crippen LogP contribution in [0.5, 0.6) is 0 Å². The van der Waals surface area contributed by atoms with Gasteiger partial charge in [-0.25, -0.2) is 8.78 Å². The van der Waals surface area contributed by atoms with Crippen molar-refractivity contribution in [2.24, 2.45) is 0 Å². The Labute approximate surface area is 115 Å². The summed E-state index contributed by atoms with van der Waals surface area (Å²) >= 11 is 3.06. The Morgan fingerprint density at radius 1 is 1.33 bits per heavy atom. The van der Waals surface area contributed by atoms with Crippen LogP contribution in [0.25, 0.3) is 0 Å². The second kappa shape index (κ2) is 7.16. The van der Waals surface area contributed by atoms with Crippen molar-refractivity contribution in [3.8, 4) is 0 Å². The van der Waals surface area contributed by atoms with Gasteiger partial charge < -0.3 is 4.74 Å². The summed E-state index contributed by atoms with van der Waals surface area (Å²) in [5, 5.41) is 0. The number of benzene rings is 1. The summed E-state index contributed by atoms with van der Waals surface area (Å²) in [4.78, 5) is 1.83. The molecule has 0 aromatic heterocycles. The van der Waals surface area contributed by atoms with Crippen LogP contribution in [-0.4, -0.2) is 31.2 Å². The van der Waals surface area contributed by atoms with Crippen molar-refractivity contribution < 1.29 is 13.5 Å². The van der Waals surface area contributed by atoms with E-state index in [1.165, 1.54) is 12.1 Å². The highest BCUT2D eigenvalue weighted by molar-refractivity contribution is 9.10. The van der Waals surface area contributed by atoms with Gasteiger partial charge in [0.05, 0.1) is 17.2 Å². The van der Waals surface area contributed by atoms with Crippen molar-refractivity contribution in [2.75, 3.05) is 20.2 Å². The lowest BCUT2D eigenvalue weighted by Gasteiger charge is -2.18. The van der Waals surface area contributed by atoms with Gasteiger partial charge in [0.15, 0.2) is 0 Å². The second-order valence-electron chi connectivity index (χ2n) is 4.48. The molecule has 0 bridgehead atoms. The minimum Gasteiger partial charge on any atom is -0.377 e. The molecule has 1 aromatic rings. The molecule has 0 N–H and O–H groups in total. The largest absolute Gasteiger partial charge is 0.377 e. The highest BCUT2D eigenvalue weighted by atomic mass is 79.9.